The zero-order valence-corrected chi connectivity index (χ0v) is 13.0. The van der Waals surface area contributed by atoms with E-state index in [9.17, 15) is 13.6 Å². The summed E-state index contributed by atoms with van der Waals surface area (Å²) < 4.78 is 34.1. The Hall–Kier alpha value is -1.85. The van der Waals surface area contributed by atoms with Gasteiger partial charge in [0.05, 0.1) is 7.11 Å². The number of piperidine rings is 1. The number of carbonyl (C=O) groups is 1. The van der Waals surface area contributed by atoms with Crippen molar-refractivity contribution < 1.29 is 23.0 Å². The summed E-state index contributed by atoms with van der Waals surface area (Å²) in [6, 6.07) is 4.63. The Labute approximate surface area is 129 Å². The first-order chi connectivity index (χ1) is 10.4. The Kier molecular flexibility index (Phi) is 5.21. The van der Waals surface area contributed by atoms with Crippen LogP contribution in [0.2, 0.25) is 0 Å². The Morgan fingerprint density at radius 2 is 1.86 bits per heavy atom. The van der Waals surface area contributed by atoms with Gasteiger partial charge in [0.2, 0.25) is 0 Å². The van der Waals surface area contributed by atoms with Gasteiger partial charge in [0.15, 0.2) is 11.5 Å². The molecule has 0 aromatic heterocycles. The number of amides is 1. The van der Waals surface area contributed by atoms with Gasteiger partial charge in [-0.1, -0.05) is 0 Å². The molecule has 0 bridgehead atoms. The van der Waals surface area contributed by atoms with Crippen molar-refractivity contribution >= 4 is 5.91 Å². The van der Waals surface area contributed by atoms with E-state index in [0.717, 1.165) is 19.3 Å². The van der Waals surface area contributed by atoms with Crippen LogP contribution in [0.25, 0.3) is 0 Å². The predicted molar refractivity (Wildman–Crippen MR) is 78.6 cm³/mol. The van der Waals surface area contributed by atoms with Gasteiger partial charge in [-0.2, -0.15) is 8.78 Å². The molecule has 22 heavy (non-hydrogen) atoms. The Morgan fingerprint density at radius 1 is 1.23 bits per heavy atom. The predicted octanol–water partition coefficient (Wildman–Crippen LogP) is 3.70. The second-order valence-corrected chi connectivity index (χ2v) is 5.59. The van der Waals surface area contributed by atoms with Crippen LogP contribution in [0, 0.1) is 0 Å². The van der Waals surface area contributed by atoms with Gasteiger partial charge >= 0.3 is 6.61 Å². The SMILES string of the molecule is COc1cc(C(=O)N2[C@H](C)CCC[C@H]2C)ccc1OC(F)F. The van der Waals surface area contributed by atoms with E-state index in [2.05, 4.69) is 4.74 Å². The summed E-state index contributed by atoms with van der Waals surface area (Å²) in [7, 11) is 1.36. The van der Waals surface area contributed by atoms with Crippen molar-refractivity contribution in [1.82, 2.24) is 4.90 Å². The highest BCUT2D eigenvalue weighted by Crippen LogP contribution is 2.31. The largest absolute Gasteiger partial charge is 0.493 e. The molecule has 0 unspecified atom stereocenters. The van der Waals surface area contributed by atoms with E-state index in [1.807, 2.05) is 18.7 Å². The fraction of sp³-hybridized carbons (Fsp3) is 0.562. The van der Waals surface area contributed by atoms with E-state index in [1.165, 1.54) is 25.3 Å². The van der Waals surface area contributed by atoms with E-state index in [4.69, 9.17) is 4.74 Å². The minimum atomic E-state index is -2.93. The fourth-order valence-corrected chi connectivity index (χ4v) is 2.96. The average molecular weight is 313 g/mol. The van der Waals surface area contributed by atoms with Gasteiger partial charge in [-0.3, -0.25) is 4.79 Å². The third kappa shape index (κ3) is 3.48. The molecule has 1 saturated heterocycles. The van der Waals surface area contributed by atoms with Crippen molar-refractivity contribution in [2.45, 2.75) is 51.8 Å². The van der Waals surface area contributed by atoms with Crippen molar-refractivity contribution in [2.24, 2.45) is 0 Å². The maximum absolute atomic E-state index is 12.7. The number of benzene rings is 1. The molecule has 0 N–H and O–H groups in total. The summed E-state index contributed by atoms with van der Waals surface area (Å²) in [5, 5.41) is 0. The molecule has 2 atom stereocenters. The Balaban J connectivity index is 2.26. The van der Waals surface area contributed by atoms with E-state index in [0.29, 0.717) is 5.56 Å². The molecule has 6 heteroatoms. The highest BCUT2D eigenvalue weighted by Gasteiger charge is 2.30. The van der Waals surface area contributed by atoms with Crippen molar-refractivity contribution in [2.75, 3.05) is 7.11 Å². The smallest absolute Gasteiger partial charge is 0.387 e. The minimum Gasteiger partial charge on any atom is -0.493 e. The first-order valence-electron chi connectivity index (χ1n) is 7.39. The van der Waals surface area contributed by atoms with E-state index >= 15 is 0 Å². The van der Waals surface area contributed by atoms with E-state index in [1.54, 1.807) is 0 Å². The third-order valence-electron chi connectivity index (χ3n) is 4.05. The van der Waals surface area contributed by atoms with Gasteiger partial charge in [0, 0.05) is 17.6 Å². The first-order valence-corrected chi connectivity index (χ1v) is 7.39. The quantitative estimate of drug-likeness (QED) is 0.851. The van der Waals surface area contributed by atoms with Crippen LogP contribution in [-0.2, 0) is 0 Å². The van der Waals surface area contributed by atoms with Gasteiger partial charge in [0.1, 0.15) is 0 Å². The Morgan fingerprint density at radius 3 is 2.41 bits per heavy atom. The van der Waals surface area contributed by atoms with Gasteiger partial charge in [-0.25, -0.2) is 0 Å². The van der Waals surface area contributed by atoms with E-state index < -0.39 is 6.61 Å². The molecule has 1 aliphatic heterocycles. The van der Waals surface area contributed by atoms with Crippen molar-refractivity contribution in [1.29, 1.82) is 0 Å². The molecule has 0 radical (unpaired) electrons. The molecular weight excluding hydrogens is 292 g/mol. The number of nitrogens with zero attached hydrogens (tertiary/aromatic N) is 1. The third-order valence-corrected chi connectivity index (χ3v) is 4.05. The van der Waals surface area contributed by atoms with Crippen LogP contribution < -0.4 is 9.47 Å². The lowest BCUT2D eigenvalue weighted by Gasteiger charge is -2.39. The number of hydrogen-bond donors (Lipinski definition) is 0. The van der Waals surface area contributed by atoms with Crippen LogP contribution in [-0.4, -0.2) is 36.6 Å². The number of ether oxygens (including phenoxy) is 2. The lowest BCUT2D eigenvalue weighted by molar-refractivity contribution is -0.0512. The number of halogens is 2. The van der Waals surface area contributed by atoms with Crippen molar-refractivity contribution in [3.05, 3.63) is 23.8 Å². The molecule has 1 aromatic carbocycles. The zero-order chi connectivity index (χ0) is 16.3. The molecule has 1 heterocycles. The van der Waals surface area contributed by atoms with Crippen molar-refractivity contribution in [3.8, 4) is 11.5 Å². The van der Waals surface area contributed by atoms with Gasteiger partial charge in [-0.05, 0) is 51.3 Å². The molecular formula is C16H21F2NO3. The van der Waals surface area contributed by atoms with Crippen LogP contribution >= 0.6 is 0 Å². The molecule has 122 valence electrons. The van der Waals surface area contributed by atoms with Crippen LogP contribution in [0.15, 0.2) is 18.2 Å². The normalized spacial score (nSPS) is 21.8. The molecule has 4 nitrogen and oxygen atoms in total. The second-order valence-electron chi connectivity index (χ2n) is 5.59. The number of alkyl halides is 2. The fourth-order valence-electron chi connectivity index (χ4n) is 2.96. The maximum Gasteiger partial charge on any atom is 0.387 e. The van der Waals surface area contributed by atoms with Crippen LogP contribution in [0.4, 0.5) is 8.78 Å². The zero-order valence-electron chi connectivity index (χ0n) is 13.0. The highest BCUT2D eigenvalue weighted by atomic mass is 19.3. The summed E-state index contributed by atoms with van der Waals surface area (Å²) in [5.74, 6) is -0.0566. The summed E-state index contributed by atoms with van der Waals surface area (Å²) in [6.45, 7) is 1.12. The van der Waals surface area contributed by atoms with Gasteiger partial charge in [0.25, 0.3) is 5.91 Å². The first kappa shape index (κ1) is 16.5. The number of likely N-dealkylation sites (tertiary alicyclic amines) is 1. The molecule has 1 amide bonds. The number of carbonyl (C=O) groups excluding carboxylic acids is 1. The summed E-state index contributed by atoms with van der Waals surface area (Å²) in [5.41, 5.74) is 0.416. The van der Waals surface area contributed by atoms with Crippen LogP contribution in [0.5, 0.6) is 11.5 Å². The lowest BCUT2D eigenvalue weighted by atomic mass is 9.96. The standard InChI is InChI=1S/C16H21F2NO3/c1-10-5-4-6-11(2)19(10)15(20)12-7-8-13(22-16(17)18)14(9-12)21-3/h7-11,16H,4-6H2,1-3H3/t10-,11-/m1/s1. The van der Waals surface area contributed by atoms with Gasteiger partial charge in [-0.15, -0.1) is 0 Å². The second kappa shape index (κ2) is 6.94. The summed E-state index contributed by atoms with van der Waals surface area (Å²) >= 11 is 0. The summed E-state index contributed by atoms with van der Waals surface area (Å²) in [4.78, 5) is 14.6. The number of methoxy groups -OCH3 is 1. The summed E-state index contributed by atoms with van der Waals surface area (Å²) in [6.07, 6.45) is 3.05. The lowest BCUT2D eigenvalue weighted by Crippen LogP contribution is -2.47. The molecule has 2 rings (SSSR count). The number of hydrogen-bond acceptors (Lipinski definition) is 3. The number of rotatable bonds is 4. The molecule has 0 spiro atoms. The Bertz CT molecular complexity index is 526. The molecule has 1 aliphatic rings. The molecule has 0 saturated carbocycles. The van der Waals surface area contributed by atoms with Crippen LogP contribution in [0.3, 0.4) is 0 Å². The molecule has 1 fully saturated rings. The van der Waals surface area contributed by atoms with Crippen molar-refractivity contribution in [3.63, 3.8) is 0 Å². The van der Waals surface area contributed by atoms with E-state index in [-0.39, 0.29) is 29.5 Å². The maximum atomic E-state index is 12.7. The average Bonchev–Trinajstić information content (AvgIpc) is 2.46. The monoisotopic (exact) mass is 313 g/mol. The molecule has 1 aromatic rings. The minimum absolute atomic E-state index is 0.0752. The van der Waals surface area contributed by atoms with Gasteiger partial charge < -0.3 is 14.4 Å². The topological polar surface area (TPSA) is 38.8 Å². The van der Waals surface area contributed by atoms with Crippen LogP contribution in [0.1, 0.15) is 43.5 Å². The molecule has 0 aliphatic carbocycles. The highest BCUT2D eigenvalue weighted by molar-refractivity contribution is 5.95.